The summed E-state index contributed by atoms with van der Waals surface area (Å²) in [5.74, 6) is 3.13. The Kier molecular flexibility index (Phi) is 1.84. The Morgan fingerprint density at radius 1 is 0.824 bits per heavy atom. The molecule has 4 rings (SSSR count). The summed E-state index contributed by atoms with van der Waals surface area (Å²) < 4.78 is 5.83. The lowest BCUT2D eigenvalue weighted by Crippen LogP contribution is -2.07. The Morgan fingerprint density at radius 3 is 2.47 bits per heavy atom. The fourth-order valence-corrected chi connectivity index (χ4v) is 3.21. The van der Waals surface area contributed by atoms with Gasteiger partial charge in [-0.05, 0) is 23.1 Å². The van der Waals surface area contributed by atoms with Crippen molar-refractivity contribution in [3.63, 3.8) is 0 Å². The minimum Gasteiger partial charge on any atom is -0.493 e. The van der Waals surface area contributed by atoms with Gasteiger partial charge in [-0.1, -0.05) is 48.5 Å². The Bertz CT molecular complexity index is 546. The molecule has 1 aliphatic carbocycles. The number of para-hydroxylation sites is 1. The summed E-state index contributed by atoms with van der Waals surface area (Å²) in [4.78, 5) is 0. The van der Waals surface area contributed by atoms with Crippen LogP contribution in [0.4, 0.5) is 0 Å². The van der Waals surface area contributed by atoms with Crippen LogP contribution in [0.1, 0.15) is 23.0 Å². The van der Waals surface area contributed by atoms with Crippen molar-refractivity contribution in [3.05, 3.63) is 65.7 Å². The van der Waals surface area contributed by atoms with E-state index in [2.05, 4.69) is 54.6 Å². The quantitative estimate of drug-likeness (QED) is 0.716. The van der Waals surface area contributed by atoms with Gasteiger partial charge >= 0.3 is 0 Å². The lowest BCUT2D eigenvalue weighted by atomic mass is 10.0. The van der Waals surface area contributed by atoms with Gasteiger partial charge in [0.2, 0.25) is 0 Å². The molecule has 0 bridgehead atoms. The van der Waals surface area contributed by atoms with Crippen LogP contribution in [0.5, 0.6) is 5.75 Å². The van der Waals surface area contributed by atoms with Crippen molar-refractivity contribution in [2.24, 2.45) is 5.92 Å². The standard InChI is InChI=1S/C16H14O/c1-2-6-11(7-3-1)15-13-10-17-14-9-5-4-8-12(14)16(13)15/h1-9,13,15-16H,10H2/t13-,15-,16-/m0/s1. The van der Waals surface area contributed by atoms with Crippen LogP contribution in [0.15, 0.2) is 54.6 Å². The predicted molar refractivity (Wildman–Crippen MR) is 67.4 cm³/mol. The van der Waals surface area contributed by atoms with Gasteiger partial charge < -0.3 is 4.74 Å². The fraction of sp³-hybridized carbons (Fsp3) is 0.250. The Balaban J connectivity index is 1.73. The monoisotopic (exact) mass is 222 g/mol. The highest BCUT2D eigenvalue weighted by atomic mass is 16.5. The minimum atomic E-state index is 0.667. The number of ether oxygens (including phenoxy) is 1. The van der Waals surface area contributed by atoms with Crippen LogP contribution >= 0.6 is 0 Å². The molecule has 1 heteroatoms. The molecular weight excluding hydrogens is 208 g/mol. The maximum Gasteiger partial charge on any atom is 0.122 e. The van der Waals surface area contributed by atoms with E-state index in [9.17, 15) is 0 Å². The van der Waals surface area contributed by atoms with Gasteiger partial charge in [-0.3, -0.25) is 0 Å². The van der Waals surface area contributed by atoms with E-state index in [1.54, 1.807) is 0 Å². The van der Waals surface area contributed by atoms with Crippen molar-refractivity contribution < 1.29 is 4.74 Å². The van der Waals surface area contributed by atoms with E-state index in [0.717, 1.165) is 12.4 Å². The van der Waals surface area contributed by atoms with Crippen molar-refractivity contribution in [2.45, 2.75) is 11.8 Å². The molecule has 2 aromatic carbocycles. The van der Waals surface area contributed by atoms with Crippen LogP contribution in [0.3, 0.4) is 0 Å². The van der Waals surface area contributed by atoms with Gasteiger partial charge in [-0.15, -0.1) is 0 Å². The predicted octanol–water partition coefficient (Wildman–Crippen LogP) is 3.58. The molecule has 84 valence electrons. The second-order valence-electron chi connectivity index (χ2n) is 4.97. The molecule has 0 spiro atoms. The molecule has 3 atom stereocenters. The Hall–Kier alpha value is -1.76. The van der Waals surface area contributed by atoms with Crippen LogP contribution in [0, 0.1) is 5.92 Å². The molecule has 0 radical (unpaired) electrons. The van der Waals surface area contributed by atoms with E-state index in [1.165, 1.54) is 11.1 Å². The first kappa shape index (κ1) is 9.29. The molecule has 0 aromatic heterocycles. The highest BCUT2D eigenvalue weighted by molar-refractivity contribution is 5.48. The van der Waals surface area contributed by atoms with Crippen molar-refractivity contribution in [3.8, 4) is 5.75 Å². The summed E-state index contributed by atoms with van der Waals surface area (Å²) in [5, 5.41) is 0. The largest absolute Gasteiger partial charge is 0.493 e. The molecular formula is C16H14O. The lowest BCUT2D eigenvalue weighted by Gasteiger charge is -2.15. The lowest BCUT2D eigenvalue weighted by molar-refractivity contribution is 0.277. The van der Waals surface area contributed by atoms with Gasteiger partial charge in [0.1, 0.15) is 5.75 Å². The van der Waals surface area contributed by atoms with E-state index < -0.39 is 0 Å². The molecule has 1 fully saturated rings. The highest BCUT2D eigenvalue weighted by Gasteiger charge is 2.54. The molecule has 0 amide bonds. The summed E-state index contributed by atoms with van der Waals surface area (Å²) in [7, 11) is 0. The number of hydrogen-bond acceptors (Lipinski definition) is 1. The van der Waals surface area contributed by atoms with Gasteiger partial charge in [-0.25, -0.2) is 0 Å². The maximum atomic E-state index is 5.83. The Morgan fingerprint density at radius 2 is 1.59 bits per heavy atom. The summed E-state index contributed by atoms with van der Waals surface area (Å²) in [6.07, 6.45) is 0. The molecule has 1 nitrogen and oxygen atoms in total. The van der Waals surface area contributed by atoms with Gasteiger partial charge in [0.05, 0.1) is 6.61 Å². The minimum absolute atomic E-state index is 0.667. The zero-order valence-corrected chi connectivity index (χ0v) is 9.54. The first-order valence-corrected chi connectivity index (χ1v) is 6.22. The third-order valence-electron chi connectivity index (χ3n) is 4.06. The van der Waals surface area contributed by atoms with E-state index in [-0.39, 0.29) is 0 Å². The van der Waals surface area contributed by atoms with Crippen LogP contribution in [0.2, 0.25) is 0 Å². The molecule has 0 unspecified atom stereocenters. The summed E-state index contributed by atoms with van der Waals surface area (Å²) in [6.45, 7) is 0.876. The summed E-state index contributed by atoms with van der Waals surface area (Å²) in [6, 6.07) is 19.3. The van der Waals surface area contributed by atoms with Gasteiger partial charge in [0.25, 0.3) is 0 Å². The molecule has 0 N–H and O–H groups in total. The normalized spacial score (nSPS) is 28.8. The zero-order valence-electron chi connectivity index (χ0n) is 9.54. The summed E-state index contributed by atoms with van der Waals surface area (Å²) >= 11 is 0. The van der Waals surface area contributed by atoms with Crippen molar-refractivity contribution in [1.82, 2.24) is 0 Å². The molecule has 2 aromatic rings. The van der Waals surface area contributed by atoms with E-state index in [4.69, 9.17) is 4.74 Å². The number of benzene rings is 2. The number of hydrogen-bond donors (Lipinski definition) is 0. The van der Waals surface area contributed by atoms with Crippen LogP contribution in [-0.4, -0.2) is 6.61 Å². The number of rotatable bonds is 1. The van der Waals surface area contributed by atoms with Crippen LogP contribution < -0.4 is 4.74 Å². The molecule has 0 saturated heterocycles. The second kappa shape index (κ2) is 3.36. The average molecular weight is 222 g/mol. The number of fused-ring (bicyclic) bond motifs is 3. The topological polar surface area (TPSA) is 9.23 Å². The Labute approximate surface area is 101 Å². The van der Waals surface area contributed by atoms with Gasteiger partial charge in [0, 0.05) is 11.8 Å². The average Bonchev–Trinajstić information content (AvgIpc) is 3.14. The summed E-state index contributed by atoms with van der Waals surface area (Å²) in [5.41, 5.74) is 2.86. The van der Waals surface area contributed by atoms with Gasteiger partial charge in [-0.2, -0.15) is 0 Å². The maximum absolute atomic E-state index is 5.83. The third-order valence-corrected chi connectivity index (χ3v) is 4.06. The first-order chi connectivity index (χ1) is 8.45. The molecule has 1 aliphatic heterocycles. The van der Waals surface area contributed by atoms with E-state index in [0.29, 0.717) is 17.8 Å². The fourth-order valence-electron chi connectivity index (χ4n) is 3.21. The van der Waals surface area contributed by atoms with Crippen LogP contribution in [-0.2, 0) is 0 Å². The van der Waals surface area contributed by atoms with Gasteiger partial charge in [0.15, 0.2) is 0 Å². The molecule has 1 heterocycles. The van der Waals surface area contributed by atoms with Crippen molar-refractivity contribution >= 4 is 0 Å². The smallest absolute Gasteiger partial charge is 0.122 e. The highest BCUT2D eigenvalue weighted by Crippen LogP contribution is 2.64. The molecule has 1 saturated carbocycles. The van der Waals surface area contributed by atoms with E-state index >= 15 is 0 Å². The zero-order chi connectivity index (χ0) is 11.2. The SMILES string of the molecule is c1ccc([C@H]2[C@@H]3COc4ccccc4[C@@H]32)cc1. The van der Waals surface area contributed by atoms with Crippen molar-refractivity contribution in [2.75, 3.05) is 6.61 Å². The van der Waals surface area contributed by atoms with Crippen molar-refractivity contribution in [1.29, 1.82) is 0 Å². The third kappa shape index (κ3) is 1.32. The van der Waals surface area contributed by atoms with E-state index in [1.807, 2.05) is 0 Å². The second-order valence-corrected chi connectivity index (χ2v) is 4.97. The molecule has 17 heavy (non-hydrogen) atoms. The van der Waals surface area contributed by atoms with Crippen LogP contribution in [0.25, 0.3) is 0 Å². The first-order valence-electron chi connectivity index (χ1n) is 6.22. The molecule has 2 aliphatic rings.